The van der Waals surface area contributed by atoms with Gasteiger partial charge in [0.2, 0.25) is 9.84 Å². The van der Waals surface area contributed by atoms with Crippen LogP contribution in [0.15, 0.2) is 69.9 Å². The Bertz CT molecular complexity index is 1270. The van der Waals surface area contributed by atoms with E-state index in [2.05, 4.69) is 4.98 Å². The van der Waals surface area contributed by atoms with Crippen molar-refractivity contribution < 1.29 is 8.42 Å². The fourth-order valence-corrected chi connectivity index (χ4v) is 6.73. The Morgan fingerprint density at radius 3 is 2.30 bits per heavy atom. The Labute approximate surface area is 175 Å². The lowest BCUT2D eigenvalue weighted by Crippen LogP contribution is -2.02. The quantitative estimate of drug-likeness (QED) is 0.344. The summed E-state index contributed by atoms with van der Waals surface area (Å²) in [6.45, 7) is 0. The van der Waals surface area contributed by atoms with Crippen LogP contribution in [0.3, 0.4) is 0 Å². The highest BCUT2D eigenvalue weighted by atomic mass is 35.5. The van der Waals surface area contributed by atoms with Crippen LogP contribution in [0.5, 0.6) is 0 Å². The highest BCUT2D eigenvalue weighted by Gasteiger charge is 2.29. The lowest BCUT2D eigenvalue weighted by molar-refractivity contribution is 0.598. The van der Waals surface area contributed by atoms with Gasteiger partial charge in [0.15, 0.2) is 0 Å². The molecule has 2 aromatic heterocycles. The molecule has 2 heterocycles. The molecule has 2 aromatic carbocycles. The van der Waals surface area contributed by atoms with Gasteiger partial charge in [0.25, 0.3) is 0 Å². The van der Waals surface area contributed by atoms with Crippen LogP contribution in [0.25, 0.3) is 21.3 Å². The van der Waals surface area contributed by atoms with E-state index in [-0.39, 0.29) is 14.1 Å². The van der Waals surface area contributed by atoms with Gasteiger partial charge in [0.1, 0.15) is 9.04 Å². The molecule has 136 valence electrons. The first-order chi connectivity index (χ1) is 12.9. The van der Waals surface area contributed by atoms with Crippen molar-refractivity contribution in [1.82, 2.24) is 4.98 Å². The van der Waals surface area contributed by atoms with E-state index in [1.165, 1.54) is 18.2 Å². The van der Waals surface area contributed by atoms with E-state index in [9.17, 15) is 8.42 Å². The number of pyridine rings is 1. The predicted molar refractivity (Wildman–Crippen MR) is 112 cm³/mol. The number of thiophene rings is 1. The van der Waals surface area contributed by atoms with Crippen LogP contribution in [-0.2, 0) is 9.84 Å². The highest BCUT2D eigenvalue weighted by molar-refractivity contribution is 7.94. The number of hydrogen-bond donors (Lipinski definition) is 0. The number of aromatic nitrogens is 1. The molecule has 4 aromatic rings. The van der Waals surface area contributed by atoms with Crippen LogP contribution in [0.4, 0.5) is 0 Å². The normalized spacial score (nSPS) is 11.8. The Morgan fingerprint density at radius 1 is 0.889 bits per heavy atom. The van der Waals surface area contributed by atoms with Gasteiger partial charge in [-0.3, -0.25) is 0 Å². The third-order valence-corrected chi connectivity index (χ3v) is 8.35. The molecule has 0 N–H and O–H groups in total. The number of benzene rings is 2. The summed E-state index contributed by atoms with van der Waals surface area (Å²) in [7, 11) is -3.88. The van der Waals surface area contributed by atoms with Crippen molar-refractivity contribution in [2.45, 2.75) is 9.10 Å². The zero-order valence-corrected chi connectivity index (χ0v) is 17.4. The fraction of sp³-hybridized carbons (Fsp3) is 0. The zero-order chi connectivity index (χ0) is 19.2. The van der Waals surface area contributed by atoms with Crippen molar-refractivity contribution in [3.8, 4) is 11.1 Å². The number of sulfone groups is 1. The zero-order valence-electron chi connectivity index (χ0n) is 13.5. The Kier molecular flexibility index (Phi) is 4.91. The van der Waals surface area contributed by atoms with Crippen LogP contribution < -0.4 is 0 Å². The molecule has 0 fully saturated rings. The minimum absolute atomic E-state index is 0.00957. The molecule has 0 bridgehead atoms. The smallest absolute Gasteiger partial charge is 0.218 e. The summed E-state index contributed by atoms with van der Waals surface area (Å²) in [6.07, 6.45) is 1.64. The van der Waals surface area contributed by atoms with Gasteiger partial charge in [0.05, 0.1) is 9.92 Å². The summed E-state index contributed by atoms with van der Waals surface area (Å²) in [4.78, 5) is 4.96. The van der Waals surface area contributed by atoms with E-state index < -0.39 is 9.84 Å². The number of rotatable bonds is 3. The lowest BCUT2D eigenvalue weighted by Gasteiger charge is -2.09. The SMILES string of the molecule is O=S(=O)(c1ccc(Cl)cc1Cl)c1sc2ncccc2c1-c1ccc(Cl)cc1. The first-order valence-electron chi connectivity index (χ1n) is 7.71. The molecule has 0 unspecified atom stereocenters. The van der Waals surface area contributed by atoms with Crippen molar-refractivity contribution in [3.63, 3.8) is 0 Å². The molecule has 0 aliphatic carbocycles. The average molecular weight is 455 g/mol. The average Bonchev–Trinajstić information content (AvgIpc) is 3.02. The van der Waals surface area contributed by atoms with Gasteiger partial charge >= 0.3 is 0 Å². The molecule has 0 amide bonds. The van der Waals surface area contributed by atoms with Crippen molar-refractivity contribution in [1.29, 1.82) is 0 Å². The van der Waals surface area contributed by atoms with E-state index in [4.69, 9.17) is 34.8 Å². The van der Waals surface area contributed by atoms with Crippen LogP contribution in [0.1, 0.15) is 0 Å². The van der Waals surface area contributed by atoms with Crippen LogP contribution in [0, 0.1) is 0 Å². The first-order valence-corrected chi connectivity index (χ1v) is 11.1. The van der Waals surface area contributed by atoms with E-state index in [0.29, 0.717) is 20.4 Å². The molecular weight excluding hydrogens is 445 g/mol. The van der Waals surface area contributed by atoms with Crippen molar-refractivity contribution >= 4 is 66.2 Å². The molecule has 27 heavy (non-hydrogen) atoms. The Hall–Kier alpha value is -1.63. The minimum atomic E-state index is -3.88. The van der Waals surface area contributed by atoms with E-state index in [1.807, 2.05) is 6.07 Å². The second-order valence-corrected chi connectivity index (χ2v) is 10.1. The van der Waals surface area contributed by atoms with Gasteiger partial charge in [-0.15, -0.1) is 11.3 Å². The highest BCUT2D eigenvalue weighted by Crippen LogP contribution is 2.44. The van der Waals surface area contributed by atoms with E-state index >= 15 is 0 Å². The van der Waals surface area contributed by atoms with Gasteiger partial charge in [0, 0.05) is 27.2 Å². The van der Waals surface area contributed by atoms with E-state index in [0.717, 1.165) is 22.3 Å². The molecule has 3 nitrogen and oxygen atoms in total. The molecule has 0 atom stereocenters. The maximum Gasteiger partial charge on any atom is 0.218 e. The minimum Gasteiger partial charge on any atom is -0.245 e. The summed E-state index contributed by atoms with van der Waals surface area (Å²) in [5, 5.41) is 1.78. The van der Waals surface area contributed by atoms with Gasteiger partial charge in [-0.1, -0.05) is 46.9 Å². The maximum atomic E-state index is 13.4. The van der Waals surface area contributed by atoms with Crippen molar-refractivity contribution in [2.75, 3.05) is 0 Å². The van der Waals surface area contributed by atoms with Crippen LogP contribution in [0.2, 0.25) is 15.1 Å². The standard InChI is InChI=1S/C19H10Cl3NO2S2/c20-12-5-3-11(4-6-12)17-14-2-1-9-23-18(14)26-19(17)27(24,25)16-8-7-13(21)10-15(16)22/h1-10H. The van der Waals surface area contributed by atoms with Crippen molar-refractivity contribution in [2.24, 2.45) is 0 Å². The van der Waals surface area contributed by atoms with Crippen LogP contribution in [-0.4, -0.2) is 13.4 Å². The Morgan fingerprint density at radius 2 is 1.59 bits per heavy atom. The lowest BCUT2D eigenvalue weighted by atomic mass is 10.1. The van der Waals surface area contributed by atoms with E-state index in [1.54, 1.807) is 36.5 Å². The van der Waals surface area contributed by atoms with Gasteiger partial charge in [-0.2, -0.15) is 0 Å². The molecule has 8 heteroatoms. The number of halogens is 3. The molecule has 0 spiro atoms. The maximum absolute atomic E-state index is 13.4. The Balaban J connectivity index is 2.04. The second-order valence-electron chi connectivity index (χ2n) is 5.71. The topological polar surface area (TPSA) is 47.0 Å². The third kappa shape index (κ3) is 3.35. The molecule has 4 rings (SSSR count). The number of fused-ring (bicyclic) bond motifs is 1. The summed E-state index contributed by atoms with van der Waals surface area (Å²) in [5.41, 5.74) is 1.33. The van der Waals surface area contributed by atoms with Gasteiger partial charge < -0.3 is 0 Å². The molecule has 0 saturated heterocycles. The van der Waals surface area contributed by atoms with Gasteiger partial charge in [-0.05, 0) is 48.0 Å². The fourth-order valence-electron chi connectivity index (χ4n) is 2.78. The molecule has 0 saturated carbocycles. The molecular formula is C19H10Cl3NO2S2. The molecule has 0 aliphatic heterocycles. The largest absolute Gasteiger partial charge is 0.245 e. The predicted octanol–water partition coefficient (Wildman–Crippen LogP) is 6.76. The molecule has 0 aliphatic rings. The summed E-state index contributed by atoms with van der Waals surface area (Å²) < 4.78 is 27.0. The second kappa shape index (κ2) is 7.08. The van der Waals surface area contributed by atoms with Crippen molar-refractivity contribution in [3.05, 3.63) is 75.9 Å². The summed E-state index contributed by atoms with van der Waals surface area (Å²) >= 11 is 19.2. The number of hydrogen-bond acceptors (Lipinski definition) is 4. The summed E-state index contributed by atoms with van der Waals surface area (Å²) in [5.74, 6) is 0. The van der Waals surface area contributed by atoms with Gasteiger partial charge in [-0.25, -0.2) is 13.4 Å². The third-order valence-electron chi connectivity index (χ3n) is 3.99. The van der Waals surface area contributed by atoms with Crippen LogP contribution >= 0.6 is 46.1 Å². The molecule has 0 radical (unpaired) electrons. The summed E-state index contributed by atoms with van der Waals surface area (Å²) in [6, 6.07) is 15.0. The first kappa shape index (κ1) is 18.7. The number of nitrogens with zero attached hydrogens (tertiary/aromatic N) is 1. The monoisotopic (exact) mass is 453 g/mol.